The number of alkyl halides is 3. The SMILES string of the molecule is CCN(C(=N)CO)C(=O)Nc1n[nH]c(/C(F)=C/c2c(F)cccc2Cl)c1O[C@@H](C)C(F)(F)F. The smallest absolute Gasteiger partial charge is 0.425 e. The van der Waals surface area contributed by atoms with Crippen LogP contribution in [0.15, 0.2) is 18.2 Å². The number of carbonyl (C=O) groups excluding carboxylic acids is 1. The van der Waals surface area contributed by atoms with Crippen LogP contribution in [0.4, 0.5) is 32.6 Å². The van der Waals surface area contributed by atoms with Crippen LogP contribution in [0, 0.1) is 11.2 Å². The van der Waals surface area contributed by atoms with Gasteiger partial charge in [-0.2, -0.15) is 18.3 Å². The molecule has 0 spiro atoms. The number of carbonyl (C=O) groups is 1. The maximum atomic E-state index is 15.0. The van der Waals surface area contributed by atoms with Gasteiger partial charge in [0.2, 0.25) is 0 Å². The van der Waals surface area contributed by atoms with Crippen LogP contribution in [0.5, 0.6) is 5.75 Å². The van der Waals surface area contributed by atoms with Gasteiger partial charge in [0, 0.05) is 12.1 Å². The Kier molecular flexibility index (Phi) is 8.39. The fraction of sp³-hybridized carbons (Fsp3) is 0.316. The number of aromatic amines is 1. The van der Waals surface area contributed by atoms with Crippen LogP contribution < -0.4 is 10.1 Å². The van der Waals surface area contributed by atoms with Crippen LogP contribution in [0.2, 0.25) is 5.02 Å². The Balaban J connectivity index is 2.51. The molecule has 180 valence electrons. The first kappa shape index (κ1) is 26.1. The predicted octanol–water partition coefficient (Wildman–Crippen LogP) is 4.82. The third-order valence-electron chi connectivity index (χ3n) is 4.25. The number of anilines is 1. The van der Waals surface area contributed by atoms with Crippen molar-refractivity contribution in [1.29, 1.82) is 5.41 Å². The van der Waals surface area contributed by atoms with Crippen molar-refractivity contribution >= 4 is 41.2 Å². The van der Waals surface area contributed by atoms with Gasteiger partial charge in [-0.3, -0.25) is 20.7 Å². The summed E-state index contributed by atoms with van der Waals surface area (Å²) in [4.78, 5) is 13.2. The van der Waals surface area contributed by atoms with E-state index in [1.54, 1.807) is 0 Å². The molecule has 33 heavy (non-hydrogen) atoms. The van der Waals surface area contributed by atoms with E-state index in [1.807, 2.05) is 0 Å². The zero-order chi connectivity index (χ0) is 24.9. The summed E-state index contributed by atoms with van der Waals surface area (Å²) in [6.07, 6.45) is -6.66. The summed E-state index contributed by atoms with van der Waals surface area (Å²) in [7, 11) is 0. The number of nitrogens with zero attached hydrogens (tertiary/aromatic N) is 2. The number of benzene rings is 1. The molecule has 1 heterocycles. The first-order valence-corrected chi connectivity index (χ1v) is 9.68. The van der Waals surface area contributed by atoms with Gasteiger partial charge in [0.1, 0.15) is 24.0 Å². The zero-order valence-electron chi connectivity index (χ0n) is 17.2. The third kappa shape index (κ3) is 6.20. The molecule has 0 radical (unpaired) electrons. The lowest BCUT2D eigenvalue weighted by Gasteiger charge is -2.21. The second-order valence-corrected chi connectivity index (χ2v) is 6.89. The average molecular weight is 496 g/mol. The highest BCUT2D eigenvalue weighted by Gasteiger charge is 2.40. The fourth-order valence-electron chi connectivity index (χ4n) is 2.50. The second-order valence-electron chi connectivity index (χ2n) is 6.48. The number of halogens is 6. The van der Waals surface area contributed by atoms with Crippen molar-refractivity contribution in [2.24, 2.45) is 0 Å². The van der Waals surface area contributed by atoms with E-state index >= 15 is 0 Å². The van der Waals surface area contributed by atoms with Gasteiger partial charge in [-0.25, -0.2) is 13.6 Å². The number of rotatable bonds is 7. The lowest BCUT2D eigenvalue weighted by molar-refractivity contribution is -0.189. The van der Waals surface area contributed by atoms with Crippen molar-refractivity contribution < 1.29 is 36.6 Å². The molecule has 2 rings (SSSR count). The summed E-state index contributed by atoms with van der Waals surface area (Å²) in [5.74, 6) is -4.12. The number of aliphatic hydroxyl groups is 1. The molecule has 8 nitrogen and oxygen atoms in total. The van der Waals surface area contributed by atoms with Gasteiger partial charge in [0.15, 0.2) is 23.5 Å². The number of likely N-dealkylation sites (N-methyl/N-ethyl adjacent to an activating group) is 1. The van der Waals surface area contributed by atoms with E-state index in [0.717, 1.165) is 11.0 Å². The Labute approximate surface area is 189 Å². The number of amidine groups is 1. The van der Waals surface area contributed by atoms with Crippen LogP contribution in [-0.4, -0.2) is 57.5 Å². The number of aliphatic hydroxyl groups excluding tert-OH is 1. The molecule has 14 heteroatoms. The van der Waals surface area contributed by atoms with Gasteiger partial charge in [0.05, 0.1) is 5.02 Å². The first-order chi connectivity index (χ1) is 15.4. The van der Waals surface area contributed by atoms with Crippen molar-refractivity contribution in [1.82, 2.24) is 15.1 Å². The Morgan fingerprint density at radius 2 is 2.12 bits per heavy atom. The first-order valence-electron chi connectivity index (χ1n) is 9.30. The van der Waals surface area contributed by atoms with Crippen molar-refractivity contribution in [2.75, 3.05) is 18.5 Å². The summed E-state index contributed by atoms with van der Waals surface area (Å²) in [5, 5.41) is 24.3. The lowest BCUT2D eigenvalue weighted by atomic mass is 10.1. The number of hydrogen-bond acceptors (Lipinski definition) is 5. The Morgan fingerprint density at radius 3 is 2.67 bits per heavy atom. The van der Waals surface area contributed by atoms with Crippen molar-refractivity contribution in [3.05, 3.63) is 40.3 Å². The number of urea groups is 1. The Morgan fingerprint density at radius 1 is 1.45 bits per heavy atom. The number of nitrogens with one attached hydrogen (secondary N) is 3. The van der Waals surface area contributed by atoms with E-state index in [0.29, 0.717) is 13.0 Å². The van der Waals surface area contributed by atoms with E-state index in [-0.39, 0.29) is 17.1 Å². The van der Waals surface area contributed by atoms with Crippen LogP contribution in [-0.2, 0) is 0 Å². The molecule has 1 aromatic heterocycles. The number of amides is 2. The zero-order valence-corrected chi connectivity index (χ0v) is 18.0. The van der Waals surface area contributed by atoms with Gasteiger partial charge in [0.25, 0.3) is 0 Å². The standard InChI is InChI=1S/C19H19ClF5N5O3/c1-3-30(14(26)8-31)18(32)27-17-16(33-9(2)19(23,24)25)15(28-29-17)13(22)7-10-11(20)5-4-6-12(10)21/h4-7,9,26,31H,3,8H2,1-2H3,(H2,27,28,29,32)/b13-7-,26-14?/t9-/m0/s1. The molecular weight excluding hydrogens is 477 g/mol. The quantitative estimate of drug-likeness (QED) is 0.250. The molecule has 0 saturated heterocycles. The molecule has 1 aromatic carbocycles. The van der Waals surface area contributed by atoms with Gasteiger partial charge in [-0.05, 0) is 32.1 Å². The molecule has 2 amide bonds. The summed E-state index contributed by atoms with van der Waals surface area (Å²) in [6, 6.07) is 2.52. The number of aromatic nitrogens is 2. The van der Waals surface area contributed by atoms with Crippen molar-refractivity contribution in [3.63, 3.8) is 0 Å². The Bertz CT molecular complexity index is 1040. The molecule has 0 aliphatic rings. The molecule has 4 N–H and O–H groups in total. The average Bonchev–Trinajstić information content (AvgIpc) is 3.12. The predicted molar refractivity (Wildman–Crippen MR) is 111 cm³/mol. The van der Waals surface area contributed by atoms with Gasteiger partial charge in [-0.1, -0.05) is 17.7 Å². The van der Waals surface area contributed by atoms with Gasteiger partial charge in [-0.15, -0.1) is 0 Å². The molecular formula is C19H19ClF5N5O3. The number of H-pyrrole nitrogens is 1. The fourth-order valence-corrected chi connectivity index (χ4v) is 2.71. The van der Waals surface area contributed by atoms with E-state index in [4.69, 9.17) is 26.9 Å². The van der Waals surface area contributed by atoms with Gasteiger partial charge >= 0.3 is 12.2 Å². The molecule has 0 unspecified atom stereocenters. The van der Waals surface area contributed by atoms with Crippen molar-refractivity contribution in [2.45, 2.75) is 26.1 Å². The summed E-state index contributed by atoms with van der Waals surface area (Å²) < 4.78 is 73.0. The highest BCUT2D eigenvalue weighted by Crippen LogP contribution is 2.37. The second kappa shape index (κ2) is 10.6. The monoisotopic (exact) mass is 495 g/mol. The molecule has 0 bridgehead atoms. The topological polar surface area (TPSA) is 114 Å². The number of hydrogen-bond donors (Lipinski definition) is 4. The molecule has 2 aromatic rings. The van der Waals surface area contributed by atoms with Crippen molar-refractivity contribution in [3.8, 4) is 5.75 Å². The normalized spacial score (nSPS) is 12.9. The minimum absolute atomic E-state index is 0.0717. The van der Waals surface area contributed by atoms with Crippen LogP contribution >= 0.6 is 11.6 Å². The van der Waals surface area contributed by atoms with Crippen LogP contribution in [0.3, 0.4) is 0 Å². The molecule has 1 atom stereocenters. The lowest BCUT2D eigenvalue weighted by Crippen LogP contribution is -2.41. The highest BCUT2D eigenvalue weighted by molar-refractivity contribution is 6.32. The molecule has 0 aliphatic carbocycles. The van der Waals surface area contributed by atoms with Crippen LogP contribution in [0.1, 0.15) is 25.1 Å². The highest BCUT2D eigenvalue weighted by atomic mass is 35.5. The largest absolute Gasteiger partial charge is 0.475 e. The molecule has 0 saturated carbocycles. The maximum Gasteiger partial charge on any atom is 0.425 e. The van der Waals surface area contributed by atoms with E-state index in [2.05, 4.69) is 15.5 Å². The van der Waals surface area contributed by atoms with E-state index in [9.17, 15) is 26.7 Å². The minimum atomic E-state index is -4.85. The third-order valence-corrected chi connectivity index (χ3v) is 4.58. The van der Waals surface area contributed by atoms with E-state index < -0.39 is 59.7 Å². The maximum absolute atomic E-state index is 15.0. The summed E-state index contributed by atoms with van der Waals surface area (Å²) >= 11 is 5.85. The van der Waals surface area contributed by atoms with E-state index in [1.165, 1.54) is 19.1 Å². The van der Waals surface area contributed by atoms with Gasteiger partial charge < -0.3 is 9.84 Å². The molecule has 0 fully saturated rings. The molecule has 0 aliphatic heterocycles. The number of ether oxygens (including phenoxy) is 1. The van der Waals surface area contributed by atoms with Crippen LogP contribution in [0.25, 0.3) is 11.9 Å². The summed E-state index contributed by atoms with van der Waals surface area (Å²) in [5.41, 5.74) is -1.10. The summed E-state index contributed by atoms with van der Waals surface area (Å²) in [6.45, 7) is 1.26. The Hall–Kier alpha value is -3.19. The minimum Gasteiger partial charge on any atom is -0.475 e.